The first-order chi connectivity index (χ1) is 5.27. The summed E-state index contributed by atoms with van der Waals surface area (Å²) < 4.78 is 0. The van der Waals surface area contributed by atoms with Crippen molar-refractivity contribution in [1.29, 1.82) is 0 Å². The van der Waals surface area contributed by atoms with E-state index in [1.807, 2.05) is 18.2 Å². The molecule has 2 aliphatic rings. The molecule has 2 aliphatic heterocycles. The Kier molecular flexibility index (Phi) is 1.39. The van der Waals surface area contributed by atoms with Crippen LogP contribution in [0.15, 0.2) is 28.0 Å². The first-order valence-electron chi connectivity index (χ1n) is 3.36. The van der Waals surface area contributed by atoms with Gasteiger partial charge in [-0.05, 0) is 12.1 Å². The van der Waals surface area contributed by atoms with Gasteiger partial charge in [-0.15, -0.1) is 0 Å². The van der Waals surface area contributed by atoms with Crippen molar-refractivity contribution in [2.24, 2.45) is 0 Å². The van der Waals surface area contributed by atoms with Crippen molar-refractivity contribution in [1.82, 2.24) is 0 Å². The molecule has 2 bridgehead atoms. The summed E-state index contributed by atoms with van der Waals surface area (Å²) >= 11 is 1.70. The van der Waals surface area contributed by atoms with Gasteiger partial charge in [-0.1, -0.05) is 17.8 Å². The van der Waals surface area contributed by atoms with Crippen LogP contribution in [0.5, 0.6) is 0 Å². The van der Waals surface area contributed by atoms with Gasteiger partial charge in [-0.25, -0.2) is 0 Å². The normalized spacial score (nSPS) is 12.1. The Labute approximate surface area is 69.0 Å². The van der Waals surface area contributed by atoms with E-state index >= 15 is 0 Å². The van der Waals surface area contributed by atoms with Crippen LogP contribution >= 0.6 is 11.8 Å². The Hall–Kier alpha value is -0.960. The van der Waals surface area contributed by atoms with E-state index in [-0.39, 0.29) is 5.91 Å². The minimum absolute atomic E-state index is 0.000926. The standard InChI is InChI=1S/C8H7NOS/c1-5(10)9-8-6-3-2-4-7(8)11-6/h2-4H,1H3,(H,9,10). The molecular formula is C8H7NOS. The molecule has 1 aromatic rings. The highest BCUT2D eigenvalue weighted by Crippen LogP contribution is 2.49. The van der Waals surface area contributed by atoms with E-state index in [1.54, 1.807) is 11.8 Å². The summed E-state index contributed by atoms with van der Waals surface area (Å²) in [5, 5.41) is 2.78. The predicted molar refractivity (Wildman–Crippen MR) is 44.9 cm³/mol. The van der Waals surface area contributed by atoms with E-state index in [0.717, 1.165) is 15.5 Å². The van der Waals surface area contributed by atoms with Crippen molar-refractivity contribution < 1.29 is 4.79 Å². The first kappa shape index (κ1) is 6.73. The average Bonchev–Trinajstić information content (AvgIpc) is 2.01. The molecule has 0 saturated carbocycles. The van der Waals surface area contributed by atoms with Gasteiger partial charge in [0, 0.05) is 16.7 Å². The molecule has 56 valence electrons. The van der Waals surface area contributed by atoms with Gasteiger partial charge >= 0.3 is 0 Å². The van der Waals surface area contributed by atoms with Crippen molar-refractivity contribution in [3.8, 4) is 0 Å². The smallest absolute Gasteiger partial charge is 0.221 e. The van der Waals surface area contributed by atoms with E-state index in [2.05, 4.69) is 5.32 Å². The number of benzene rings is 1. The summed E-state index contributed by atoms with van der Waals surface area (Å²) in [6.45, 7) is 1.52. The second kappa shape index (κ2) is 2.27. The average molecular weight is 165 g/mol. The fourth-order valence-corrected chi connectivity index (χ4v) is 1.96. The fourth-order valence-electron chi connectivity index (χ4n) is 1.05. The Morgan fingerprint density at radius 2 is 2.09 bits per heavy atom. The number of hydrogen-bond donors (Lipinski definition) is 1. The molecule has 2 heterocycles. The maximum Gasteiger partial charge on any atom is 0.221 e. The summed E-state index contributed by atoms with van der Waals surface area (Å²) in [5.74, 6) is -0.000926. The van der Waals surface area contributed by atoms with Crippen LogP contribution in [0, 0.1) is 0 Å². The van der Waals surface area contributed by atoms with Crippen LogP contribution in [0.3, 0.4) is 0 Å². The van der Waals surface area contributed by atoms with Crippen molar-refractivity contribution in [3.63, 3.8) is 0 Å². The maximum absolute atomic E-state index is 10.7. The lowest BCUT2D eigenvalue weighted by Gasteiger charge is -2.21. The molecule has 2 nitrogen and oxygen atoms in total. The predicted octanol–water partition coefficient (Wildman–Crippen LogP) is 2.11. The molecule has 1 amide bonds. The van der Waals surface area contributed by atoms with Crippen LogP contribution in [-0.4, -0.2) is 5.91 Å². The number of anilines is 1. The summed E-state index contributed by atoms with van der Waals surface area (Å²) in [5.41, 5.74) is 0.991. The number of rotatable bonds is 1. The Morgan fingerprint density at radius 3 is 2.55 bits per heavy atom. The van der Waals surface area contributed by atoms with Gasteiger partial charge in [0.05, 0.1) is 5.69 Å². The zero-order chi connectivity index (χ0) is 7.84. The molecule has 3 rings (SSSR count). The molecule has 0 aromatic heterocycles. The third-order valence-electron chi connectivity index (χ3n) is 1.51. The summed E-state index contributed by atoms with van der Waals surface area (Å²) in [6.07, 6.45) is 0. The molecular weight excluding hydrogens is 158 g/mol. The van der Waals surface area contributed by atoms with Gasteiger partial charge in [-0.3, -0.25) is 4.79 Å². The lowest BCUT2D eigenvalue weighted by Crippen LogP contribution is -2.10. The second-order valence-electron chi connectivity index (χ2n) is 2.41. The molecule has 0 unspecified atom stereocenters. The molecule has 0 saturated heterocycles. The fraction of sp³-hybridized carbons (Fsp3) is 0.125. The summed E-state index contributed by atoms with van der Waals surface area (Å²) in [4.78, 5) is 13.0. The molecule has 0 aliphatic carbocycles. The number of amides is 1. The highest BCUT2D eigenvalue weighted by molar-refractivity contribution is 8.01. The third kappa shape index (κ3) is 1.01. The number of fused-ring (bicyclic) bond motifs is 2. The zero-order valence-electron chi connectivity index (χ0n) is 6.05. The molecule has 0 atom stereocenters. The SMILES string of the molecule is CC(=O)Nc1c2cccc1S2. The van der Waals surface area contributed by atoms with Crippen molar-refractivity contribution >= 4 is 23.4 Å². The number of para-hydroxylation sites is 1. The van der Waals surface area contributed by atoms with Crippen LogP contribution < -0.4 is 5.32 Å². The van der Waals surface area contributed by atoms with Gasteiger partial charge < -0.3 is 5.32 Å². The second-order valence-corrected chi connectivity index (χ2v) is 3.50. The summed E-state index contributed by atoms with van der Waals surface area (Å²) in [7, 11) is 0. The Bertz CT molecular complexity index is 302. The van der Waals surface area contributed by atoms with E-state index in [1.165, 1.54) is 6.92 Å². The van der Waals surface area contributed by atoms with Gasteiger partial charge in [0.2, 0.25) is 5.91 Å². The molecule has 11 heavy (non-hydrogen) atoms. The quantitative estimate of drug-likeness (QED) is 0.701. The lowest BCUT2D eigenvalue weighted by atomic mass is 10.3. The van der Waals surface area contributed by atoms with E-state index in [0.29, 0.717) is 0 Å². The van der Waals surface area contributed by atoms with Crippen LogP contribution in [0.4, 0.5) is 5.69 Å². The monoisotopic (exact) mass is 165 g/mol. The van der Waals surface area contributed by atoms with E-state index < -0.39 is 0 Å². The minimum Gasteiger partial charge on any atom is -0.324 e. The Balaban J connectivity index is 2.30. The highest BCUT2D eigenvalue weighted by atomic mass is 32.2. The molecule has 3 heteroatoms. The lowest BCUT2D eigenvalue weighted by molar-refractivity contribution is -0.114. The van der Waals surface area contributed by atoms with Crippen molar-refractivity contribution in [2.75, 3.05) is 5.32 Å². The van der Waals surface area contributed by atoms with Gasteiger partial charge in [0.1, 0.15) is 0 Å². The van der Waals surface area contributed by atoms with Crippen LogP contribution in [0.2, 0.25) is 0 Å². The van der Waals surface area contributed by atoms with Gasteiger partial charge in [0.25, 0.3) is 0 Å². The van der Waals surface area contributed by atoms with Crippen LogP contribution in [0.25, 0.3) is 0 Å². The largest absolute Gasteiger partial charge is 0.324 e. The minimum atomic E-state index is -0.000926. The van der Waals surface area contributed by atoms with Crippen molar-refractivity contribution in [3.05, 3.63) is 18.2 Å². The number of carbonyl (C=O) groups is 1. The number of hydrogen-bond acceptors (Lipinski definition) is 2. The summed E-state index contributed by atoms with van der Waals surface area (Å²) in [6, 6.07) is 6.00. The van der Waals surface area contributed by atoms with E-state index in [9.17, 15) is 4.79 Å². The van der Waals surface area contributed by atoms with Gasteiger partial charge in [0.15, 0.2) is 0 Å². The molecule has 1 N–H and O–H groups in total. The number of carbonyl (C=O) groups excluding carboxylic acids is 1. The Morgan fingerprint density at radius 1 is 1.45 bits per heavy atom. The van der Waals surface area contributed by atoms with Gasteiger partial charge in [-0.2, -0.15) is 0 Å². The highest BCUT2D eigenvalue weighted by Gasteiger charge is 2.19. The van der Waals surface area contributed by atoms with Crippen molar-refractivity contribution in [2.45, 2.75) is 16.7 Å². The van der Waals surface area contributed by atoms with E-state index in [4.69, 9.17) is 0 Å². The number of nitrogens with one attached hydrogen (secondary N) is 1. The van der Waals surface area contributed by atoms with Crippen LogP contribution in [0.1, 0.15) is 6.92 Å². The molecule has 0 fully saturated rings. The maximum atomic E-state index is 10.7. The van der Waals surface area contributed by atoms with Crippen LogP contribution in [-0.2, 0) is 4.79 Å². The zero-order valence-corrected chi connectivity index (χ0v) is 6.87. The first-order valence-corrected chi connectivity index (χ1v) is 4.17. The topological polar surface area (TPSA) is 29.1 Å². The third-order valence-corrected chi connectivity index (χ3v) is 2.63. The molecule has 0 radical (unpaired) electrons. The molecule has 1 aromatic carbocycles. The molecule has 0 spiro atoms.